The fourth-order valence-electron chi connectivity index (χ4n) is 3.77. The molecule has 1 heterocycles. The first-order chi connectivity index (χ1) is 15.1. The van der Waals surface area contributed by atoms with Crippen LogP contribution in [0.2, 0.25) is 0 Å². The second-order valence-corrected chi connectivity index (χ2v) is 7.42. The van der Waals surface area contributed by atoms with Gasteiger partial charge in [0.15, 0.2) is 11.4 Å². The van der Waals surface area contributed by atoms with E-state index < -0.39 is 5.97 Å². The summed E-state index contributed by atoms with van der Waals surface area (Å²) in [4.78, 5) is 16.6. The number of benzene rings is 3. The van der Waals surface area contributed by atoms with E-state index in [-0.39, 0.29) is 5.69 Å². The summed E-state index contributed by atoms with van der Waals surface area (Å²) in [5, 5.41) is 13.7. The van der Waals surface area contributed by atoms with Gasteiger partial charge in [-0.25, -0.2) is 9.78 Å². The molecule has 0 fully saturated rings. The maximum absolute atomic E-state index is 12.0. The minimum absolute atomic E-state index is 0.0435. The molecule has 0 saturated carbocycles. The number of nitrogens with one attached hydrogen (secondary N) is 1. The van der Waals surface area contributed by atoms with Gasteiger partial charge >= 0.3 is 5.97 Å². The van der Waals surface area contributed by atoms with E-state index in [4.69, 9.17) is 4.74 Å². The molecule has 3 aromatic carbocycles. The maximum atomic E-state index is 12.0. The van der Waals surface area contributed by atoms with Crippen molar-refractivity contribution in [2.45, 2.75) is 20.0 Å². The molecule has 1 aromatic heterocycles. The number of fused-ring (bicyclic) bond motifs is 1. The number of carboxylic acids is 1. The zero-order chi connectivity index (χ0) is 21.8. The monoisotopic (exact) mass is 412 g/mol. The Hall–Kier alpha value is -3.86. The van der Waals surface area contributed by atoms with Crippen LogP contribution < -0.4 is 10.1 Å². The number of aryl methyl sites for hydroxylation is 1. The first-order valence-corrected chi connectivity index (χ1v) is 10.2. The Balaban J connectivity index is 1.90. The third kappa shape index (κ3) is 4.21. The molecule has 0 aliphatic rings. The zero-order valence-corrected chi connectivity index (χ0v) is 17.6. The number of rotatable bonds is 7. The Kier molecular flexibility index (Phi) is 5.85. The number of hydrogen-bond donors (Lipinski definition) is 2. The number of pyridine rings is 1. The predicted octanol–water partition coefficient (Wildman–Crippen LogP) is 5.45. The second kappa shape index (κ2) is 8.88. The molecule has 4 aromatic rings. The lowest BCUT2D eigenvalue weighted by atomic mass is 9.97. The van der Waals surface area contributed by atoms with E-state index in [1.165, 1.54) is 0 Å². The van der Waals surface area contributed by atoms with Crippen molar-refractivity contribution in [2.24, 2.45) is 0 Å². The lowest BCUT2D eigenvalue weighted by molar-refractivity contribution is 0.0691. The molecule has 5 nitrogen and oxygen atoms in total. The van der Waals surface area contributed by atoms with Crippen LogP contribution in [0.4, 0.5) is 5.69 Å². The average molecular weight is 412 g/mol. The zero-order valence-electron chi connectivity index (χ0n) is 17.6. The average Bonchev–Trinajstić information content (AvgIpc) is 2.80. The molecule has 2 N–H and O–H groups in total. The van der Waals surface area contributed by atoms with Gasteiger partial charge in [0.05, 0.1) is 5.52 Å². The molecular formula is C26H24N2O3. The molecule has 0 aliphatic heterocycles. The highest BCUT2D eigenvalue weighted by Crippen LogP contribution is 2.39. The lowest BCUT2D eigenvalue weighted by Crippen LogP contribution is -2.11. The van der Waals surface area contributed by atoms with Crippen LogP contribution in [-0.4, -0.2) is 23.1 Å². The summed E-state index contributed by atoms with van der Waals surface area (Å²) in [5.74, 6) is -0.579. The van der Waals surface area contributed by atoms with Gasteiger partial charge < -0.3 is 15.2 Å². The molecule has 0 spiro atoms. The number of aromatic carboxylic acids is 1. The van der Waals surface area contributed by atoms with Gasteiger partial charge in [-0.05, 0) is 35.6 Å². The highest BCUT2D eigenvalue weighted by molar-refractivity contribution is 6.03. The van der Waals surface area contributed by atoms with E-state index >= 15 is 0 Å². The van der Waals surface area contributed by atoms with Gasteiger partial charge in [-0.2, -0.15) is 0 Å². The molecule has 156 valence electrons. The van der Waals surface area contributed by atoms with Gasteiger partial charge in [0.1, 0.15) is 12.3 Å². The summed E-state index contributed by atoms with van der Waals surface area (Å²) in [5.41, 5.74) is 5.08. The van der Waals surface area contributed by atoms with E-state index in [2.05, 4.69) is 22.4 Å². The van der Waals surface area contributed by atoms with E-state index in [0.29, 0.717) is 30.0 Å². The van der Waals surface area contributed by atoms with Crippen LogP contribution in [0.5, 0.6) is 5.75 Å². The van der Waals surface area contributed by atoms with Crippen LogP contribution in [0.1, 0.15) is 32.7 Å². The summed E-state index contributed by atoms with van der Waals surface area (Å²) in [6.07, 6.45) is 0.653. The lowest BCUT2D eigenvalue weighted by Gasteiger charge is -2.19. The van der Waals surface area contributed by atoms with Crippen LogP contribution in [0.3, 0.4) is 0 Å². The van der Waals surface area contributed by atoms with Crippen molar-refractivity contribution in [3.63, 3.8) is 0 Å². The third-order valence-corrected chi connectivity index (χ3v) is 5.30. The summed E-state index contributed by atoms with van der Waals surface area (Å²) in [6.45, 7) is 2.32. The molecule has 4 rings (SSSR count). The number of carboxylic acid groups (broad SMARTS) is 1. The fourth-order valence-corrected chi connectivity index (χ4v) is 3.77. The largest absolute Gasteiger partial charge is 0.486 e. The second-order valence-electron chi connectivity index (χ2n) is 7.42. The van der Waals surface area contributed by atoms with Crippen molar-refractivity contribution >= 4 is 22.6 Å². The van der Waals surface area contributed by atoms with E-state index in [9.17, 15) is 9.90 Å². The van der Waals surface area contributed by atoms with Crippen molar-refractivity contribution in [2.75, 3.05) is 12.4 Å². The summed E-state index contributed by atoms with van der Waals surface area (Å²) >= 11 is 0. The molecule has 0 bridgehead atoms. The SMILES string of the molecule is CNc1c(C(=O)O)nc2c(Cc3ccccc3)ccc(C)c2c1OCc1ccccc1. The first kappa shape index (κ1) is 20.4. The van der Waals surface area contributed by atoms with Crippen LogP contribution in [0, 0.1) is 6.92 Å². The van der Waals surface area contributed by atoms with Crippen molar-refractivity contribution in [3.05, 3.63) is 101 Å². The summed E-state index contributed by atoms with van der Waals surface area (Å²) in [7, 11) is 1.69. The summed E-state index contributed by atoms with van der Waals surface area (Å²) in [6, 6.07) is 24.0. The molecule has 0 unspecified atom stereocenters. The van der Waals surface area contributed by atoms with E-state index in [1.807, 2.05) is 67.6 Å². The number of carbonyl (C=O) groups is 1. The number of nitrogens with zero attached hydrogens (tertiary/aromatic N) is 1. The fraction of sp³-hybridized carbons (Fsp3) is 0.154. The Morgan fingerprint density at radius 2 is 1.61 bits per heavy atom. The Labute approximate surface area is 181 Å². The minimum atomic E-state index is -1.09. The molecule has 0 atom stereocenters. The molecule has 0 radical (unpaired) electrons. The van der Waals surface area contributed by atoms with Crippen LogP contribution in [0.25, 0.3) is 10.9 Å². The highest BCUT2D eigenvalue weighted by atomic mass is 16.5. The molecule has 0 amide bonds. The Morgan fingerprint density at radius 1 is 0.968 bits per heavy atom. The highest BCUT2D eigenvalue weighted by Gasteiger charge is 2.23. The predicted molar refractivity (Wildman–Crippen MR) is 123 cm³/mol. The number of anilines is 1. The van der Waals surface area contributed by atoms with Crippen LogP contribution >= 0.6 is 0 Å². The maximum Gasteiger partial charge on any atom is 0.356 e. The van der Waals surface area contributed by atoms with Crippen molar-refractivity contribution in [1.29, 1.82) is 0 Å². The quantitative estimate of drug-likeness (QED) is 0.422. The standard InChI is InChI=1S/C26H24N2O3/c1-17-13-14-20(15-18-9-5-3-6-10-18)22-21(17)25(23(27-2)24(28-22)26(29)30)31-16-19-11-7-4-8-12-19/h3-14,27H,15-16H2,1-2H3,(H,29,30). The Morgan fingerprint density at radius 3 is 2.23 bits per heavy atom. The number of ether oxygens (including phenoxy) is 1. The smallest absolute Gasteiger partial charge is 0.356 e. The van der Waals surface area contributed by atoms with Gasteiger partial charge in [0, 0.05) is 12.4 Å². The van der Waals surface area contributed by atoms with Gasteiger partial charge in [0.2, 0.25) is 0 Å². The Bertz CT molecular complexity index is 1220. The molecular weight excluding hydrogens is 388 g/mol. The van der Waals surface area contributed by atoms with Gasteiger partial charge in [-0.3, -0.25) is 0 Å². The van der Waals surface area contributed by atoms with Crippen LogP contribution in [-0.2, 0) is 13.0 Å². The van der Waals surface area contributed by atoms with Crippen molar-refractivity contribution in [1.82, 2.24) is 4.98 Å². The minimum Gasteiger partial charge on any atom is -0.486 e. The van der Waals surface area contributed by atoms with Gasteiger partial charge in [0.25, 0.3) is 0 Å². The topological polar surface area (TPSA) is 71.5 Å². The molecule has 5 heteroatoms. The molecule has 31 heavy (non-hydrogen) atoms. The van der Waals surface area contributed by atoms with E-state index in [1.54, 1.807) is 7.05 Å². The van der Waals surface area contributed by atoms with Crippen molar-refractivity contribution < 1.29 is 14.6 Å². The van der Waals surface area contributed by atoms with Crippen LogP contribution in [0.15, 0.2) is 72.8 Å². The van der Waals surface area contributed by atoms with E-state index in [0.717, 1.165) is 27.6 Å². The molecule has 0 aliphatic carbocycles. The van der Waals surface area contributed by atoms with Gasteiger partial charge in [-0.15, -0.1) is 0 Å². The van der Waals surface area contributed by atoms with Crippen molar-refractivity contribution in [3.8, 4) is 5.75 Å². The number of hydrogen-bond acceptors (Lipinski definition) is 4. The van der Waals surface area contributed by atoms with Gasteiger partial charge in [-0.1, -0.05) is 72.8 Å². The number of aromatic nitrogens is 1. The summed E-state index contributed by atoms with van der Waals surface area (Å²) < 4.78 is 6.24. The molecule has 0 saturated heterocycles. The third-order valence-electron chi connectivity index (χ3n) is 5.30. The first-order valence-electron chi connectivity index (χ1n) is 10.2. The normalized spacial score (nSPS) is 10.8.